The van der Waals surface area contributed by atoms with Crippen molar-refractivity contribution in [2.45, 2.75) is 38.8 Å². The molecule has 2 saturated heterocycles. The number of carbonyl (C=O) groups is 2. The van der Waals surface area contributed by atoms with Gasteiger partial charge < -0.3 is 15.0 Å². The molecule has 2 fully saturated rings. The van der Waals surface area contributed by atoms with E-state index in [4.69, 9.17) is 4.74 Å². The Kier molecular flexibility index (Phi) is 3.90. The molecule has 1 aromatic rings. The quantitative estimate of drug-likeness (QED) is 0.813. The highest BCUT2D eigenvalue weighted by Crippen LogP contribution is 2.20. The van der Waals surface area contributed by atoms with Gasteiger partial charge in [-0.05, 0) is 20.3 Å². The zero-order valence-electron chi connectivity index (χ0n) is 13.3. The van der Waals surface area contributed by atoms with Crippen molar-refractivity contribution in [3.05, 3.63) is 17.0 Å². The molecule has 120 valence electrons. The topological polar surface area (TPSA) is 76.5 Å². The van der Waals surface area contributed by atoms with Crippen LogP contribution in [0.1, 0.15) is 23.4 Å². The van der Waals surface area contributed by atoms with Crippen molar-refractivity contribution in [1.29, 1.82) is 0 Å². The Bertz CT molecular complexity index is 610. The lowest BCUT2D eigenvalue weighted by molar-refractivity contribution is -0.146. The zero-order chi connectivity index (χ0) is 15.9. The first-order valence-corrected chi connectivity index (χ1v) is 7.63. The fourth-order valence-corrected chi connectivity index (χ4v) is 3.26. The van der Waals surface area contributed by atoms with E-state index >= 15 is 0 Å². The summed E-state index contributed by atoms with van der Waals surface area (Å²) in [6.07, 6.45) is 1.16. The summed E-state index contributed by atoms with van der Waals surface area (Å²) in [7, 11) is 1.89. The molecular weight excluding hydrogens is 284 g/mol. The smallest absolute Gasteiger partial charge is 0.246 e. The van der Waals surface area contributed by atoms with Gasteiger partial charge >= 0.3 is 0 Å². The van der Waals surface area contributed by atoms with Gasteiger partial charge in [-0.25, -0.2) is 0 Å². The molecule has 0 unspecified atom stereocenters. The lowest BCUT2D eigenvalue weighted by Crippen LogP contribution is -2.61. The minimum absolute atomic E-state index is 0.0311. The summed E-state index contributed by atoms with van der Waals surface area (Å²) in [4.78, 5) is 25.8. The van der Waals surface area contributed by atoms with Crippen LogP contribution in [-0.2, 0) is 27.8 Å². The number of nitrogens with zero attached hydrogens (tertiary/aromatic N) is 3. The molecule has 3 heterocycles. The Morgan fingerprint density at radius 2 is 2.23 bits per heavy atom. The van der Waals surface area contributed by atoms with E-state index in [2.05, 4.69) is 10.4 Å². The van der Waals surface area contributed by atoms with E-state index in [9.17, 15) is 9.59 Å². The summed E-state index contributed by atoms with van der Waals surface area (Å²) in [5.74, 6) is -0.0213. The number of likely N-dealkylation sites (tertiary alicyclic amines) is 1. The number of fused-ring (bicyclic) bond motifs is 1. The summed E-state index contributed by atoms with van der Waals surface area (Å²) >= 11 is 0. The normalized spacial score (nSPS) is 24.9. The molecule has 7 nitrogen and oxygen atoms in total. The molecule has 0 bridgehead atoms. The van der Waals surface area contributed by atoms with Crippen LogP contribution in [0.4, 0.5) is 0 Å². The first-order valence-electron chi connectivity index (χ1n) is 7.63. The number of aryl methyl sites for hydroxylation is 2. The Morgan fingerprint density at radius 1 is 1.45 bits per heavy atom. The highest BCUT2D eigenvalue weighted by atomic mass is 16.5. The van der Waals surface area contributed by atoms with Crippen LogP contribution in [0, 0.1) is 13.8 Å². The van der Waals surface area contributed by atoms with Gasteiger partial charge in [0, 0.05) is 31.4 Å². The molecule has 2 atom stereocenters. The highest BCUT2D eigenvalue weighted by Gasteiger charge is 2.36. The van der Waals surface area contributed by atoms with Crippen LogP contribution in [-0.4, -0.2) is 58.3 Å². The fourth-order valence-electron chi connectivity index (χ4n) is 3.26. The maximum atomic E-state index is 12.6. The second kappa shape index (κ2) is 5.72. The number of aromatic nitrogens is 2. The van der Waals surface area contributed by atoms with Crippen LogP contribution in [0.15, 0.2) is 0 Å². The molecule has 2 aliphatic heterocycles. The average molecular weight is 306 g/mol. The number of rotatable bonds is 2. The molecule has 1 N–H and O–H groups in total. The van der Waals surface area contributed by atoms with Crippen LogP contribution in [0.3, 0.4) is 0 Å². The summed E-state index contributed by atoms with van der Waals surface area (Å²) in [6, 6.07) is -0.0879. The van der Waals surface area contributed by atoms with Gasteiger partial charge in [-0.3, -0.25) is 14.3 Å². The standard InChI is InChI=1S/C15H22N4O3/c1-9-11(10(2)18(3)17-9)6-15(21)19-5-4-13-12(7-19)16-14(20)8-22-13/h12-13H,4-8H2,1-3H3,(H,16,20)/t12-,13-/m0/s1. The predicted molar refractivity (Wildman–Crippen MR) is 79.3 cm³/mol. The molecule has 0 radical (unpaired) electrons. The van der Waals surface area contributed by atoms with Gasteiger partial charge in [-0.1, -0.05) is 0 Å². The molecule has 2 amide bonds. The monoisotopic (exact) mass is 306 g/mol. The van der Waals surface area contributed by atoms with Gasteiger partial charge in [0.1, 0.15) is 6.61 Å². The molecular formula is C15H22N4O3. The lowest BCUT2D eigenvalue weighted by atomic mass is 9.99. The maximum absolute atomic E-state index is 12.6. The summed E-state index contributed by atoms with van der Waals surface area (Å²) < 4.78 is 7.32. The molecule has 7 heteroatoms. The number of nitrogens with one attached hydrogen (secondary N) is 1. The third kappa shape index (κ3) is 2.72. The van der Waals surface area contributed by atoms with Crippen molar-refractivity contribution in [3.8, 4) is 0 Å². The van der Waals surface area contributed by atoms with Gasteiger partial charge in [0.2, 0.25) is 11.8 Å². The van der Waals surface area contributed by atoms with Crippen LogP contribution < -0.4 is 5.32 Å². The van der Waals surface area contributed by atoms with Crippen molar-refractivity contribution >= 4 is 11.8 Å². The molecule has 0 aliphatic carbocycles. The Labute approximate surface area is 129 Å². The van der Waals surface area contributed by atoms with Crippen molar-refractivity contribution < 1.29 is 14.3 Å². The largest absolute Gasteiger partial charge is 0.366 e. The van der Waals surface area contributed by atoms with Crippen LogP contribution in [0.5, 0.6) is 0 Å². The zero-order valence-corrected chi connectivity index (χ0v) is 13.3. The van der Waals surface area contributed by atoms with E-state index in [-0.39, 0.29) is 30.6 Å². The number of hydrogen-bond donors (Lipinski definition) is 1. The molecule has 2 aliphatic rings. The fraction of sp³-hybridized carbons (Fsp3) is 0.667. The van der Waals surface area contributed by atoms with E-state index < -0.39 is 0 Å². The van der Waals surface area contributed by atoms with Crippen molar-refractivity contribution in [1.82, 2.24) is 20.0 Å². The second-order valence-electron chi connectivity index (χ2n) is 6.10. The SMILES string of the molecule is Cc1nn(C)c(C)c1CC(=O)N1CC[C@@H]2OCC(=O)N[C@H]2C1. The minimum atomic E-state index is -0.102. The molecule has 3 rings (SSSR count). The van der Waals surface area contributed by atoms with E-state index in [1.807, 2.05) is 25.8 Å². The number of carbonyl (C=O) groups excluding carboxylic acids is 2. The number of piperidine rings is 1. The molecule has 0 aromatic carbocycles. The lowest BCUT2D eigenvalue weighted by Gasteiger charge is -2.41. The Hall–Kier alpha value is -1.89. The van der Waals surface area contributed by atoms with E-state index in [1.165, 1.54) is 0 Å². The molecule has 1 aromatic heterocycles. The van der Waals surface area contributed by atoms with E-state index in [0.29, 0.717) is 19.5 Å². The minimum Gasteiger partial charge on any atom is -0.366 e. The van der Waals surface area contributed by atoms with Gasteiger partial charge in [0.15, 0.2) is 0 Å². The maximum Gasteiger partial charge on any atom is 0.246 e. The number of ether oxygens (including phenoxy) is 1. The van der Waals surface area contributed by atoms with Crippen molar-refractivity contribution in [3.63, 3.8) is 0 Å². The Morgan fingerprint density at radius 3 is 2.91 bits per heavy atom. The van der Waals surface area contributed by atoms with Crippen LogP contribution >= 0.6 is 0 Å². The van der Waals surface area contributed by atoms with Gasteiger partial charge in [0.05, 0.1) is 24.3 Å². The first-order chi connectivity index (χ1) is 10.5. The number of morpholine rings is 1. The summed E-state index contributed by atoms with van der Waals surface area (Å²) in [6.45, 7) is 5.23. The molecule has 0 spiro atoms. The van der Waals surface area contributed by atoms with Crippen molar-refractivity contribution in [2.75, 3.05) is 19.7 Å². The second-order valence-corrected chi connectivity index (χ2v) is 6.10. The van der Waals surface area contributed by atoms with Crippen molar-refractivity contribution in [2.24, 2.45) is 7.05 Å². The third-order valence-electron chi connectivity index (χ3n) is 4.66. The van der Waals surface area contributed by atoms with E-state index in [1.54, 1.807) is 4.68 Å². The van der Waals surface area contributed by atoms with Crippen LogP contribution in [0.2, 0.25) is 0 Å². The Balaban J connectivity index is 1.67. The van der Waals surface area contributed by atoms with Gasteiger partial charge in [-0.2, -0.15) is 5.10 Å². The molecule has 22 heavy (non-hydrogen) atoms. The highest BCUT2D eigenvalue weighted by molar-refractivity contribution is 5.80. The summed E-state index contributed by atoms with van der Waals surface area (Å²) in [5, 5.41) is 7.27. The van der Waals surface area contributed by atoms with Gasteiger partial charge in [0.25, 0.3) is 0 Å². The molecule has 0 saturated carbocycles. The predicted octanol–water partition coefficient (Wildman–Crippen LogP) is -0.305. The average Bonchev–Trinajstić information content (AvgIpc) is 2.72. The van der Waals surface area contributed by atoms with E-state index in [0.717, 1.165) is 23.4 Å². The van der Waals surface area contributed by atoms with Crippen LogP contribution in [0.25, 0.3) is 0 Å². The number of hydrogen-bond acceptors (Lipinski definition) is 4. The third-order valence-corrected chi connectivity index (χ3v) is 4.66. The number of amides is 2. The summed E-state index contributed by atoms with van der Waals surface area (Å²) in [5.41, 5.74) is 2.92. The first kappa shape index (κ1) is 15.0. The van der Waals surface area contributed by atoms with Gasteiger partial charge in [-0.15, -0.1) is 0 Å².